The molecule has 29 heavy (non-hydrogen) atoms. The van der Waals surface area contributed by atoms with Crippen LogP contribution in [0, 0.1) is 0 Å². The first-order valence-corrected chi connectivity index (χ1v) is 10.5. The summed E-state index contributed by atoms with van der Waals surface area (Å²) in [6.07, 6.45) is 4.95. The van der Waals surface area contributed by atoms with Crippen molar-refractivity contribution in [3.05, 3.63) is 58.2 Å². The first-order chi connectivity index (χ1) is 14.0. The zero-order valence-electron chi connectivity index (χ0n) is 16.0. The smallest absolute Gasteiger partial charge is 0.254 e. The molecule has 0 radical (unpaired) electrons. The summed E-state index contributed by atoms with van der Waals surface area (Å²) in [6, 6.07) is 10.0. The van der Waals surface area contributed by atoms with Crippen LogP contribution < -0.4 is 10.6 Å². The molecule has 8 heteroatoms. The highest BCUT2D eigenvalue weighted by Crippen LogP contribution is 2.24. The standard InChI is InChI=1S/C21H24Cl2N4O2/c22-16-12-15(13-17(23)14-16)21(29)27-11-5-6-18(27)20(28)26-10-4-3-9-25-19-7-1-2-8-24-19/h1-2,7-8,12-14,18H,3-6,9-11H2,(H,24,25)(H,26,28). The van der Waals surface area contributed by atoms with Crippen molar-refractivity contribution >= 4 is 40.8 Å². The second-order valence-electron chi connectivity index (χ2n) is 6.95. The molecule has 1 unspecified atom stereocenters. The van der Waals surface area contributed by atoms with Gasteiger partial charge < -0.3 is 15.5 Å². The van der Waals surface area contributed by atoms with Crippen LogP contribution in [0.3, 0.4) is 0 Å². The van der Waals surface area contributed by atoms with Crippen LogP contribution in [0.15, 0.2) is 42.6 Å². The highest BCUT2D eigenvalue weighted by atomic mass is 35.5. The van der Waals surface area contributed by atoms with E-state index >= 15 is 0 Å². The van der Waals surface area contributed by atoms with Gasteiger partial charge in [-0.25, -0.2) is 4.98 Å². The summed E-state index contributed by atoms with van der Waals surface area (Å²) in [4.78, 5) is 31.2. The summed E-state index contributed by atoms with van der Waals surface area (Å²) in [5, 5.41) is 7.00. The van der Waals surface area contributed by atoms with Gasteiger partial charge in [0.05, 0.1) is 0 Å². The lowest BCUT2D eigenvalue weighted by molar-refractivity contribution is -0.124. The van der Waals surface area contributed by atoms with E-state index in [-0.39, 0.29) is 11.8 Å². The van der Waals surface area contributed by atoms with Crippen LogP contribution >= 0.6 is 23.2 Å². The van der Waals surface area contributed by atoms with Gasteiger partial charge in [0.25, 0.3) is 5.91 Å². The Labute approximate surface area is 180 Å². The molecule has 0 saturated carbocycles. The van der Waals surface area contributed by atoms with E-state index in [0.717, 1.165) is 31.6 Å². The number of carbonyl (C=O) groups is 2. The van der Waals surface area contributed by atoms with Gasteiger partial charge in [0, 0.05) is 41.4 Å². The monoisotopic (exact) mass is 434 g/mol. The maximum absolute atomic E-state index is 12.8. The molecule has 3 rings (SSSR count). The van der Waals surface area contributed by atoms with E-state index in [9.17, 15) is 9.59 Å². The number of benzene rings is 1. The molecule has 1 aliphatic heterocycles. The highest BCUT2D eigenvalue weighted by molar-refractivity contribution is 6.35. The molecule has 1 atom stereocenters. The average Bonchev–Trinajstić information content (AvgIpc) is 3.20. The third kappa shape index (κ3) is 6.08. The van der Waals surface area contributed by atoms with E-state index in [4.69, 9.17) is 23.2 Å². The minimum Gasteiger partial charge on any atom is -0.370 e. The van der Waals surface area contributed by atoms with Gasteiger partial charge in [-0.1, -0.05) is 29.3 Å². The lowest BCUT2D eigenvalue weighted by Crippen LogP contribution is -2.46. The number of carbonyl (C=O) groups excluding carboxylic acids is 2. The fraction of sp³-hybridized carbons (Fsp3) is 0.381. The number of pyridine rings is 1. The van der Waals surface area contributed by atoms with E-state index in [2.05, 4.69) is 15.6 Å². The summed E-state index contributed by atoms with van der Waals surface area (Å²) < 4.78 is 0. The lowest BCUT2D eigenvalue weighted by Gasteiger charge is -2.24. The van der Waals surface area contributed by atoms with Gasteiger partial charge in [-0.05, 0) is 56.0 Å². The van der Waals surface area contributed by atoms with Gasteiger partial charge in [-0.2, -0.15) is 0 Å². The molecule has 1 aromatic heterocycles. The molecule has 1 aliphatic rings. The van der Waals surface area contributed by atoms with E-state index in [1.807, 2.05) is 18.2 Å². The Morgan fingerprint density at radius 2 is 1.86 bits per heavy atom. The number of nitrogens with zero attached hydrogens (tertiary/aromatic N) is 2. The Hall–Kier alpha value is -2.31. The molecule has 2 amide bonds. The molecule has 1 aromatic carbocycles. The Bertz CT molecular complexity index is 828. The van der Waals surface area contributed by atoms with Crippen LogP contribution in [-0.4, -0.2) is 47.4 Å². The summed E-state index contributed by atoms with van der Waals surface area (Å²) >= 11 is 12.0. The maximum atomic E-state index is 12.8. The topological polar surface area (TPSA) is 74.3 Å². The van der Waals surface area contributed by atoms with Gasteiger partial charge in [-0.3, -0.25) is 9.59 Å². The molecule has 6 nitrogen and oxygen atoms in total. The van der Waals surface area contributed by atoms with Gasteiger partial charge in [-0.15, -0.1) is 0 Å². The van der Waals surface area contributed by atoms with Crippen molar-refractivity contribution in [3.63, 3.8) is 0 Å². The average molecular weight is 435 g/mol. The molecule has 0 aliphatic carbocycles. The number of unbranched alkanes of at least 4 members (excludes halogenated alkanes) is 1. The molecule has 154 valence electrons. The SMILES string of the molecule is O=C(NCCCCNc1ccccn1)C1CCCN1C(=O)c1cc(Cl)cc(Cl)c1. The number of hydrogen-bond donors (Lipinski definition) is 2. The van der Waals surface area contributed by atoms with Crippen LogP contribution in [0.25, 0.3) is 0 Å². The third-order valence-corrected chi connectivity index (χ3v) is 5.24. The zero-order valence-corrected chi connectivity index (χ0v) is 17.5. The molecule has 1 fully saturated rings. The van der Waals surface area contributed by atoms with E-state index in [1.54, 1.807) is 29.3 Å². The summed E-state index contributed by atoms with van der Waals surface area (Å²) in [6.45, 7) is 1.91. The van der Waals surface area contributed by atoms with E-state index in [1.165, 1.54) is 0 Å². The molecule has 2 N–H and O–H groups in total. The molecule has 2 heterocycles. The van der Waals surface area contributed by atoms with Crippen molar-refractivity contribution in [2.45, 2.75) is 31.7 Å². The first kappa shape index (κ1) is 21.4. The predicted molar refractivity (Wildman–Crippen MR) is 115 cm³/mol. The fourth-order valence-corrected chi connectivity index (χ4v) is 3.91. The largest absolute Gasteiger partial charge is 0.370 e. The van der Waals surface area contributed by atoms with Crippen LogP contribution in [0.4, 0.5) is 5.82 Å². The number of amides is 2. The minimum absolute atomic E-state index is 0.110. The van der Waals surface area contributed by atoms with E-state index < -0.39 is 6.04 Å². The molecule has 1 saturated heterocycles. The molecule has 0 spiro atoms. The van der Waals surface area contributed by atoms with Gasteiger partial charge >= 0.3 is 0 Å². The Balaban J connectivity index is 1.44. The number of likely N-dealkylation sites (tertiary alicyclic amines) is 1. The molecular weight excluding hydrogens is 411 g/mol. The summed E-state index contributed by atoms with van der Waals surface area (Å²) in [5.41, 5.74) is 0.405. The van der Waals surface area contributed by atoms with Crippen LogP contribution in [-0.2, 0) is 4.79 Å². The van der Waals surface area contributed by atoms with Gasteiger partial charge in [0.1, 0.15) is 11.9 Å². The summed E-state index contributed by atoms with van der Waals surface area (Å²) in [5.74, 6) is 0.519. The second kappa shape index (κ2) is 10.5. The van der Waals surface area contributed by atoms with Crippen molar-refractivity contribution in [1.29, 1.82) is 0 Å². The number of nitrogens with one attached hydrogen (secondary N) is 2. The fourth-order valence-electron chi connectivity index (χ4n) is 3.39. The quantitative estimate of drug-likeness (QED) is 0.615. The van der Waals surface area contributed by atoms with Crippen molar-refractivity contribution in [1.82, 2.24) is 15.2 Å². The first-order valence-electron chi connectivity index (χ1n) is 9.74. The Morgan fingerprint density at radius 1 is 1.10 bits per heavy atom. The number of aromatic nitrogens is 1. The second-order valence-corrected chi connectivity index (χ2v) is 7.83. The van der Waals surface area contributed by atoms with Crippen molar-refractivity contribution < 1.29 is 9.59 Å². The number of rotatable bonds is 8. The normalized spacial score (nSPS) is 15.9. The molecule has 0 bridgehead atoms. The lowest BCUT2D eigenvalue weighted by atomic mass is 10.1. The van der Waals surface area contributed by atoms with Crippen molar-refractivity contribution in [2.75, 3.05) is 25.0 Å². The predicted octanol–water partition coefficient (Wildman–Crippen LogP) is 4.00. The Morgan fingerprint density at radius 3 is 2.59 bits per heavy atom. The van der Waals surface area contributed by atoms with Crippen LogP contribution in [0.1, 0.15) is 36.0 Å². The highest BCUT2D eigenvalue weighted by Gasteiger charge is 2.34. The van der Waals surface area contributed by atoms with Crippen LogP contribution in [0.5, 0.6) is 0 Å². The van der Waals surface area contributed by atoms with Crippen molar-refractivity contribution in [3.8, 4) is 0 Å². The van der Waals surface area contributed by atoms with Crippen LogP contribution in [0.2, 0.25) is 10.0 Å². The summed E-state index contributed by atoms with van der Waals surface area (Å²) in [7, 11) is 0. The van der Waals surface area contributed by atoms with Gasteiger partial charge in [0.2, 0.25) is 5.91 Å². The molecular formula is C21H24Cl2N4O2. The van der Waals surface area contributed by atoms with Gasteiger partial charge in [0.15, 0.2) is 0 Å². The maximum Gasteiger partial charge on any atom is 0.254 e. The Kier molecular flexibility index (Phi) is 7.72. The van der Waals surface area contributed by atoms with Crippen molar-refractivity contribution in [2.24, 2.45) is 0 Å². The third-order valence-electron chi connectivity index (χ3n) is 4.80. The minimum atomic E-state index is -0.452. The molecule has 2 aromatic rings. The number of anilines is 1. The van der Waals surface area contributed by atoms with E-state index in [0.29, 0.717) is 35.1 Å². The zero-order chi connectivity index (χ0) is 20.6. The number of hydrogen-bond acceptors (Lipinski definition) is 4. The number of halogens is 2.